The Kier molecular flexibility index (Phi) is 5.05. The Balaban J connectivity index is 2.36. The van der Waals surface area contributed by atoms with Gasteiger partial charge in [0.1, 0.15) is 0 Å². The molecule has 1 heterocycles. The average Bonchev–Trinajstić information content (AvgIpc) is 2.20. The maximum absolute atomic E-state index is 11.1. The van der Waals surface area contributed by atoms with Gasteiger partial charge in [0.25, 0.3) is 0 Å². The van der Waals surface area contributed by atoms with E-state index in [4.69, 9.17) is 5.73 Å². The van der Waals surface area contributed by atoms with Crippen LogP contribution >= 0.6 is 0 Å². The number of nitrogens with one attached hydrogen (secondary N) is 1. The van der Waals surface area contributed by atoms with E-state index < -0.39 is 0 Å². The van der Waals surface area contributed by atoms with Gasteiger partial charge in [-0.15, -0.1) is 0 Å². The number of likely N-dealkylation sites (tertiary alicyclic amines) is 1. The monoisotopic (exact) mass is 213 g/mol. The largest absolute Gasteiger partial charge is 0.369 e. The van der Waals surface area contributed by atoms with Gasteiger partial charge in [-0.2, -0.15) is 0 Å². The van der Waals surface area contributed by atoms with Crippen molar-refractivity contribution >= 4 is 5.91 Å². The van der Waals surface area contributed by atoms with Crippen LogP contribution < -0.4 is 11.1 Å². The summed E-state index contributed by atoms with van der Waals surface area (Å²) in [5.74, 6) is -0.0850. The lowest BCUT2D eigenvalue weighted by molar-refractivity contribution is -0.123. The van der Waals surface area contributed by atoms with Gasteiger partial charge in [0.15, 0.2) is 0 Å². The van der Waals surface area contributed by atoms with E-state index in [9.17, 15) is 4.79 Å². The van der Waals surface area contributed by atoms with Gasteiger partial charge in [0, 0.05) is 25.7 Å². The zero-order valence-electron chi connectivity index (χ0n) is 9.83. The van der Waals surface area contributed by atoms with Gasteiger partial charge in [0.05, 0.1) is 5.92 Å². The van der Waals surface area contributed by atoms with Crippen LogP contribution in [0.15, 0.2) is 0 Å². The molecule has 0 aromatic rings. The molecule has 1 saturated heterocycles. The van der Waals surface area contributed by atoms with Gasteiger partial charge in [-0.05, 0) is 26.3 Å². The fourth-order valence-corrected chi connectivity index (χ4v) is 2.12. The zero-order valence-corrected chi connectivity index (χ0v) is 9.83. The Bertz CT molecular complexity index is 208. The van der Waals surface area contributed by atoms with Crippen molar-refractivity contribution in [1.29, 1.82) is 0 Å². The summed E-state index contributed by atoms with van der Waals surface area (Å²) in [6.45, 7) is 8.17. The highest BCUT2D eigenvalue weighted by Crippen LogP contribution is 2.20. The molecular formula is C11H23N3O. The van der Waals surface area contributed by atoms with Crippen LogP contribution in [-0.2, 0) is 4.79 Å². The van der Waals surface area contributed by atoms with E-state index in [2.05, 4.69) is 24.1 Å². The van der Waals surface area contributed by atoms with Crippen molar-refractivity contribution in [3.63, 3.8) is 0 Å². The molecule has 1 amide bonds. The number of primary amides is 1. The number of carbonyl (C=O) groups excluding carboxylic acids is 1. The van der Waals surface area contributed by atoms with Crippen molar-refractivity contribution in [2.45, 2.75) is 32.7 Å². The minimum atomic E-state index is -0.143. The number of amides is 1. The number of nitrogens with zero attached hydrogens (tertiary/aromatic N) is 1. The lowest BCUT2D eigenvalue weighted by Gasteiger charge is -2.36. The van der Waals surface area contributed by atoms with E-state index in [0.29, 0.717) is 6.04 Å². The molecule has 2 unspecified atom stereocenters. The maximum atomic E-state index is 11.1. The third kappa shape index (κ3) is 3.80. The van der Waals surface area contributed by atoms with E-state index in [1.54, 1.807) is 0 Å². The average molecular weight is 213 g/mol. The molecule has 1 fully saturated rings. The summed E-state index contributed by atoms with van der Waals surface area (Å²) in [4.78, 5) is 13.5. The summed E-state index contributed by atoms with van der Waals surface area (Å²) in [6, 6.07) is 0.583. The molecule has 0 aromatic heterocycles. The third-order valence-electron chi connectivity index (χ3n) is 3.24. The van der Waals surface area contributed by atoms with Crippen LogP contribution in [0.5, 0.6) is 0 Å². The van der Waals surface area contributed by atoms with Crippen molar-refractivity contribution in [2.24, 2.45) is 11.7 Å². The number of likely N-dealkylation sites (N-methyl/N-ethyl adjacent to an activating group) is 1. The van der Waals surface area contributed by atoms with Gasteiger partial charge in [0.2, 0.25) is 5.91 Å². The van der Waals surface area contributed by atoms with Crippen molar-refractivity contribution in [3.05, 3.63) is 0 Å². The first-order chi connectivity index (χ1) is 7.15. The Morgan fingerprint density at radius 2 is 2.27 bits per heavy atom. The first-order valence-electron chi connectivity index (χ1n) is 5.89. The minimum absolute atomic E-state index is 0.0582. The van der Waals surface area contributed by atoms with Gasteiger partial charge < -0.3 is 11.1 Å². The normalized spacial score (nSPS) is 27.9. The molecule has 0 spiro atoms. The van der Waals surface area contributed by atoms with Crippen LogP contribution in [0, 0.1) is 5.92 Å². The molecule has 4 heteroatoms. The van der Waals surface area contributed by atoms with Gasteiger partial charge in [-0.3, -0.25) is 9.69 Å². The first-order valence-corrected chi connectivity index (χ1v) is 5.89. The van der Waals surface area contributed by atoms with Crippen LogP contribution in [0.2, 0.25) is 0 Å². The molecular weight excluding hydrogens is 190 g/mol. The summed E-state index contributed by atoms with van der Waals surface area (Å²) in [7, 11) is 0. The fourth-order valence-electron chi connectivity index (χ4n) is 2.12. The van der Waals surface area contributed by atoms with Gasteiger partial charge in [-0.1, -0.05) is 6.92 Å². The highest BCUT2D eigenvalue weighted by Gasteiger charge is 2.27. The second-order valence-electron chi connectivity index (χ2n) is 4.37. The van der Waals surface area contributed by atoms with Crippen LogP contribution in [-0.4, -0.2) is 43.0 Å². The van der Waals surface area contributed by atoms with Crippen molar-refractivity contribution < 1.29 is 4.79 Å². The Hall–Kier alpha value is -0.610. The highest BCUT2D eigenvalue weighted by atomic mass is 16.1. The number of carbonyl (C=O) groups is 1. The molecule has 2 atom stereocenters. The smallest absolute Gasteiger partial charge is 0.221 e. The van der Waals surface area contributed by atoms with E-state index in [1.165, 1.54) is 0 Å². The van der Waals surface area contributed by atoms with Crippen LogP contribution in [0.25, 0.3) is 0 Å². The quantitative estimate of drug-likeness (QED) is 0.641. The molecule has 1 aliphatic rings. The van der Waals surface area contributed by atoms with E-state index in [1.807, 2.05) is 0 Å². The molecule has 0 aromatic carbocycles. The molecule has 0 radical (unpaired) electrons. The molecule has 88 valence electrons. The van der Waals surface area contributed by atoms with E-state index >= 15 is 0 Å². The Morgan fingerprint density at radius 3 is 2.87 bits per heavy atom. The van der Waals surface area contributed by atoms with E-state index in [-0.39, 0.29) is 11.8 Å². The zero-order chi connectivity index (χ0) is 11.3. The SMILES string of the molecule is CCNCCN1CC(C(N)=O)CCC1C. The summed E-state index contributed by atoms with van der Waals surface area (Å²) in [6.07, 6.45) is 2.04. The Morgan fingerprint density at radius 1 is 1.53 bits per heavy atom. The summed E-state index contributed by atoms with van der Waals surface area (Å²) in [5.41, 5.74) is 5.35. The number of nitrogens with two attached hydrogens (primary N) is 1. The van der Waals surface area contributed by atoms with Crippen molar-refractivity contribution in [3.8, 4) is 0 Å². The number of hydrogen-bond donors (Lipinski definition) is 2. The van der Waals surface area contributed by atoms with Gasteiger partial charge in [-0.25, -0.2) is 0 Å². The lowest BCUT2D eigenvalue weighted by atomic mass is 9.93. The second kappa shape index (κ2) is 6.08. The minimum Gasteiger partial charge on any atom is -0.369 e. The summed E-state index contributed by atoms with van der Waals surface area (Å²) < 4.78 is 0. The molecule has 1 aliphatic heterocycles. The third-order valence-corrected chi connectivity index (χ3v) is 3.24. The standard InChI is InChI=1S/C11H23N3O/c1-3-13-6-7-14-8-10(11(12)15)5-4-9(14)2/h9-10,13H,3-8H2,1-2H3,(H2,12,15). The van der Waals surface area contributed by atoms with Crippen LogP contribution in [0.4, 0.5) is 0 Å². The predicted octanol–water partition coefficient (Wildman–Crippen LogP) is 0.182. The van der Waals surface area contributed by atoms with Crippen LogP contribution in [0.3, 0.4) is 0 Å². The first kappa shape index (κ1) is 12.5. The predicted molar refractivity (Wildman–Crippen MR) is 61.5 cm³/mol. The second-order valence-corrected chi connectivity index (χ2v) is 4.37. The van der Waals surface area contributed by atoms with Crippen molar-refractivity contribution in [1.82, 2.24) is 10.2 Å². The topological polar surface area (TPSA) is 58.4 Å². The van der Waals surface area contributed by atoms with E-state index in [0.717, 1.165) is 39.0 Å². The molecule has 0 bridgehead atoms. The molecule has 15 heavy (non-hydrogen) atoms. The summed E-state index contributed by atoms with van der Waals surface area (Å²) in [5, 5.41) is 3.30. The number of rotatable bonds is 5. The summed E-state index contributed by atoms with van der Waals surface area (Å²) >= 11 is 0. The molecule has 0 aliphatic carbocycles. The molecule has 0 saturated carbocycles. The molecule has 3 N–H and O–H groups in total. The Labute approximate surface area is 92.2 Å². The number of piperidine rings is 1. The highest BCUT2D eigenvalue weighted by molar-refractivity contribution is 5.76. The molecule has 4 nitrogen and oxygen atoms in total. The fraction of sp³-hybridized carbons (Fsp3) is 0.909. The lowest BCUT2D eigenvalue weighted by Crippen LogP contribution is -2.47. The van der Waals surface area contributed by atoms with Gasteiger partial charge >= 0.3 is 0 Å². The number of hydrogen-bond acceptors (Lipinski definition) is 3. The van der Waals surface area contributed by atoms with Crippen molar-refractivity contribution in [2.75, 3.05) is 26.2 Å². The molecule has 1 rings (SSSR count). The maximum Gasteiger partial charge on any atom is 0.221 e. The van der Waals surface area contributed by atoms with Crippen LogP contribution in [0.1, 0.15) is 26.7 Å².